The quantitative estimate of drug-likeness (QED) is 0.0386. The monoisotopic (exact) mass is 1800 g/mol. The topological polar surface area (TPSA) is 633 Å². The van der Waals surface area contributed by atoms with E-state index in [0.29, 0.717) is 116 Å². The Balaban J connectivity index is 7.29. The maximum Gasteiger partial charge on any atom is 0.243 e. The zero-order chi connectivity index (χ0) is 96.8. The van der Waals surface area contributed by atoms with Crippen LogP contribution in [0.25, 0.3) is 0 Å². The van der Waals surface area contributed by atoms with Crippen LogP contribution in [0.2, 0.25) is 0 Å². The van der Waals surface area contributed by atoms with Crippen molar-refractivity contribution in [1.29, 1.82) is 0 Å². The summed E-state index contributed by atoms with van der Waals surface area (Å²) in [5.74, 6) is -12.4. The number of carbonyl (C=O) groups is 15. The lowest BCUT2D eigenvalue weighted by Gasteiger charge is -2.30. The third kappa shape index (κ3) is 52.3. The Morgan fingerprint density at radius 2 is 0.291 bits per heavy atom. The normalized spacial score (nSPS) is 15.3. The van der Waals surface area contributed by atoms with E-state index in [9.17, 15) is 71.9 Å². The van der Waals surface area contributed by atoms with Crippen LogP contribution in [0, 0.1) is 53.3 Å². The predicted molar refractivity (Wildman–Crippen MR) is 497 cm³/mol. The Bertz CT molecular complexity index is 3280. The average molecular weight is 1800 g/mol. The van der Waals surface area contributed by atoms with E-state index in [1.807, 2.05) is 125 Å². The van der Waals surface area contributed by atoms with E-state index in [-0.39, 0.29) is 150 Å². The Morgan fingerprint density at radius 3 is 0.433 bits per heavy atom. The van der Waals surface area contributed by atoms with Crippen LogP contribution in [0.4, 0.5) is 0 Å². The highest BCUT2D eigenvalue weighted by molar-refractivity contribution is 6.00. The molecule has 0 aromatic heterocycles. The number of carbonyl (C=O) groups excluding carboxylic acids is 15. The molecule has 37 heteroatoms. The number of rotatable bonds is 71. The minimum atomic E-state index is -1.28. The van der Waals surface area contributed by atoms with Crippen LogP contribution < -0.4 is 120 Å². The molecule has 15 atom stereocenters. The number of primary amides is 1. The molecular formula is C90H174N22O15. The van der Waals surface area contributed by atoms with E-state index in [2.05, 4.69) is 74.4 Å². The lowest BCUT2D eigenvalue weighted by molar-refractivity contribution is -0.137. The molecule has 0 fully saturated rings. The van der Waals surface area contributed by atoms with Crippen molar-refractivity contribution in [3.8, 4) is 0 Å². The second-order valence-corrected chi connectivity index (χ2v) is 38.2. The first kappa shape index (κ1) is 119. The first-order valence-corrected chi connectivity index (χ1v) is 47.2. The summed E-state index contributed by atoms with van der Waals surface area (Å²) >= 11 is 0. The van der Waals surface area contributed by atoms with Gasteiger partial charge < -0.3 is 120 Å². The summed E-state index contributed by atoms with van der Waals surface area (Å²) in [6, 6.07) is -17.9. The molecule has 0 saturated carbocycles. The summed E-state index contributed by atoms with van der Waals surface area (Å²) in [6.45, 7) is 35.2. The highest BCUT2D eigenvalue weighted by Gasteiger charge is 2.40. The molecular weight excluding hydrogens is 1630 g/mol. The van der Waals surface area contributed by atoms with E-state index >= 15 is 0 Å². The summed E-state index contributed by atoms with van der Waals surface area (Å²) in [4.78, 5) is 216. The summed E-state index contributed by atoms with van der Waals surface area (Å²) < 4.78 is 0. The Hall–Kier alpha value is -8.23. The highest BCUT2D eigenvalue weighted by atomic mass is 16.2. The lowest BCUT2D eigenvalue weighted by atomic mass is 9.97. The summed E-state index contributed by atoms with van der Waals surface area (Å²) in [5, 5.41) is 39.5. The third-order valence-corrected chi connectivity index (χ3v) is 21.3. The van der Waals surface area contributed by atoms with Gasteiger partial charge in [0.05, 0.1) is 6.04 Å². The second kappa shape index (κ2) is 66.2. The Morgan fingerprint density at radius 1 is 0.173 bits per heavy atom. The molecule has 734 valence electrons. The van der Waals surface area contributed by atoms with E-state index in [0.717, 1.165) is 0 Å². The van der Waals surface area contributed by atoms with Crippen molar-refractivity contribution >= 4 is 88.6 Å². The molecule has 0 bridgehead atoms. The standard InChI is InChI=1S/C90H174N22O15/c1-52(2)43-67(82(119)103-65(35-23-29-41-95)80(117)101-64(34-22-28-40-94)78(115)99-62(76(98)113)32-20-26-38-92)105-84(121)69(45-54(5)6)107-86(123)71(47-56(9)10)109-88(125)73(49-58(13)14)111-90(127)75(51-60(17)18)112-89(126)74(50-59(15)16)110-87(124)72(48-57(11)12)108-85(122)70(46-55(7)8)106-83(120)68(44-53(3)4)104-81(118)66(36-24-30-42-96)102-79(116)63(33-21-27-39-93)100-77(114)61(97)31-19-25-37-91/h52-75H,19-51,91-97H2,1-18H3,(H2,98,113)(H,99,115)(H,100,114)(H,101,117)(H,102,116)(H,103,119)(H,104,118)(H,105,121)(H,106,120)(H,107,123)(H,108,122)(H,109,125)(H,110,124)(H,111,127)(H,112,126)/t61-,62-,63-,64-,65-,66-,67-,68-,69-,70-,71-,72-,73-,74-,75-/m0/s1. The van der Waals surface area contributed by atoms with Crippen LogP contribution >= 0.6 is 0 Å². The van der Waals surface area contributed by atoms with Gasteiger partial charge in [-0.3, -0.25) is 71.9 Å². The van der Waals surface area contributed by atoms with Crippen LogP contribution in [-0.4, -0.2) is 219 Å². The lowest BCUT2D eigenvalue weighted by Crippen LogP contribution is -2.61. The molecule has 0 heterocycles. The minimum Gasteiger partial charge on any atom is -0.368 e. The van der Waals surface area contributed by atoms with Gasteiger partial charge in [-0.15, -0.1) is 0 Å². The van der Waals surface area contributed by atoms with E-state index in [4.69, 9.17) is 45.9 Å². The van der Waals surface area contributed by atoms with Gasteiger partial charge in [-0.25, -0.2) is 0 Å². The molecule has 30 N–H and O–H groups in total. The molecule has 127 heavy (non-hydrogen) atoms. The number of amides is 15. The third-order valence-electron chi connectivity index (χ3n) is 21.3. The zero-order valence-electron chi connectivity index (χ0n) is 80.4. The molecule has 0 radical (unpaired) electrons. The van der Waals surface area contributed by atoms with Gasteiger partial charge >= 0.3 is 0 Å². The van der Waals surface area contributed by atoms with Gasteiger partial charge in [0.15, 0.2) is 0 Å². The molecule has 0 unspecified atom stereocenters. The van der Waals surface area contributed by atoms with Gasteiger partial charge in [-0.2, -0.15) is 0 Å². The van der Waals surface area contributed by atoms with Gasteiger partial charge in [-0.05, 0) is 259 Å². The molecule has 0 rings (SSSR count). The molecule has 0 aromatic rings. The van der Waals surface area contributed by atoms with Gasteiger partial charge in [0.1, 0.15) is 84.6 Å². The van der Waals surface area contributed by atoms with Crippen molar-refractivity contribution in [2.75, 3.05) is 39.3 Å². The molecule has 0 aliphatic rings. The van der Waals surface area contributed by atoms with Gasteiger partial charge in [-0.1, -0.05) is 131 Å². The zero-order valence-corrected chi connectivity index (χ0v) is 80.4. The number of hydrogen-bond acceptors (Lipinski definition) is 22. The van der Waals surface area contributed by atoms with Crippen molar-refractivity contribution in [3.63, 3.8) is 0 Å². The van der Waals surface area contributed by atoms with Crippen molar-refractivity contribution < 1.29 is 71.9 Å². The highest BCUT2D eigenvalue weighted by Crippen LogP contribution is 2.20. The van der Waals surface area contributed by atoms with Crippen LogP contribution in [0.1, 0.15) is 298 Å². The fourth-order valence-electron chi connectivity index (χ4n) is 14.6. The van der Waals surface area contributed by atoms with Gasteiger partial charge in [0, 0.05) is 0 Å². The summed E-state index contributed by atoms with van der Waals surface area (Å²) in [5.41, 5.74) is 46.5. The largest absolute Gasteiger partial charge is 0.368 e. The van der Waals surface area contributed by atoms with Crippen molar-refractivity contribution in [3.05, 3.63) is 0 Å². The second-order valence-electron chi connectivity index (χ2n) is 38.2. The summed E-state index contributed by atoms with van der Waals surface area (Å²) in [7, 11) is 0. The van der Waals surface area contributed by atoms with Gasteiger partial charge in [0.25, 0.3) is 0 Å². The number of hydrogen-bond donors (Lipinski definition) is 22. The number of nitrogens with one attached hydrogen (secondary N) is 14. The first-order chi connectivity index (χ1) is 59.7. The molecule has 0 aliphatic heterocycles. The molecule has 37 nitrogen and oxygen atoms in total. The first-order valence-electron chi connectivity index (χ1n) is 47.2. The molecule has 15 amide bonds. The SMILES string of the molecule is CC(C)C[C@H](NC(=O)[C@H](CC(C)C)NC(=O)[C@H](CC(C)C)NC(=O)[C@H](CC(C)C)NC(=O)[C@H](CC(C)C)NC(=O)[C@H](CC(C)C)NC(=O)[C@H](CC(C)C)NC(=O)[C@H](CC(C)C)NC(=O)[C@H](CC(C)C)NC(=O)[C@H](CCCCN)NC(=O)[C@H](CCCCN)NC(=O)[C@@H](N)CCCCN)C(=O)N[C@@H](CCCCN)C(=O)N[C@@H](CCCCN)C(=O)N[C@@H](CCCCN)C(N)=O. The maximum atomic E-state index is 14.9. The number of nitrogens with two attached hydrogens (primary N) is 8. The number of unbranched alkanes of at least 4 members (excludes halogenated alkanes) is 6. The maximum absolute atomic E-state index is 14.9. The van der Waals surface area contributed by atoms with Crippen molar-refractivity contribution in [2.45, 2.75) is 389 Å². The predicted octanol–water partition coefficient (Wildman–Crippen LogP) is 1.78. The summed E-state index contributed by atoms with van der Waals surface area (Å²) in [6.07, 6.45) is 8.04. The van der Waals surface area contributed by atoms with Crippen LogP contribution in [0.3, 0.4) is 0 Å². The minimum absolute atomic E-state index is 0.0685. The van der Waals surface area contributed by atoms with Crippen molar-refractivity contribution in [2.24, 2.45) is 99.1 Å². The molecule has 0 saturated heterocycles. The average Bonchev–Trinajstić information content (AvgIpc) is 0.846. The molecule has 0 spiro atoms. The van der Waals surface area contributed by atoms with Crippen LogP contribution in [0.5, 0.6) is 0 Å². The van der Waals surface area contributed by atoms with Gasteiger partial charge in [0.2, 0.25) is 88.6 Å². The van der Waals surface area contributed by atoms with Crippen molar-refractivity contribution in [1.82, 2.24) is 74.4 Å². The smallest absolute Gasteiger partial charge is 0.243 e. The van der Waals surface area contributed by atoms with E-state index < -0.39 is 179 Å². The van der Waals surface area contributed by atoms with Crippen LogP contribution in [-0.2, 0) is 71.9 Å². The van der Waals surface area contributed by atoms with E-state index in [1.165, 1.54) is 0 Å². The molecule has 0 aromatic carbocycles. The Labute approximate surface area is 758 Å². The molecule has 0 aliphatic carbocycles. The fourth-order valence-corrected chi connectivity index (χ4v) is 14.6. The fraction of sp³-hybridized carbons (Fsp3) is 0.833. The van der Waals surface area contributed by atoms with E-state index in [1.54, 1.807) is 0 Å². The van der Waals surface area contributed by atoms with Crippen LogP contribution in [0.15, 0.2) is 0 Å². The Kier molecular flexibility index (Phi) is 61.9.